The Hall–Kier alpha value is -1.45. The van der Waals surface area contributed by atoms with E-state index in [9.17, 15) is 0 Å². The van der Waals surface area contributed by atoms with Gasteiger partial charge in [-0.05, 0) is 36.3 Å². The number of aromatic nitrogens is 1. The van der Waals surface area contributed by atoms with Crippen molar-refractivity contribution in [1.82, 2.24) is 10.3 Å². The van der Waals surface area contributed by atoms with E-state index < -0.39 is 0 Å². The van der Waals surface area contributed by atoms with E-state index in [4.69, 9.17) is 4.74 Å². The highest BCUT2D eigenvalue weighted by atomic mass is 16.5. The zero-order valence-corrected chi connectivity index (χ0v) is 12.9. The molecule has 3 nitrogen and oxygen atoms in total. The normalized spacial score (nSPS) is 23.5. The van der Waals surface area contributed by atoms with Crippen LogP contribution in [0.3, 0.4) is 0 Å². The molecule has 0 radical (unpaired) electrons. The molecular formula is C18H24N2O. The Morgan fingerprint density at radius 3 is 2.95 bits per heavy atom. The molecular weight excluding hydrogens is 260 g/mol. The number of ether oxygens (including phenoxy) is 1. The molecule has 1 aromatic carbocycles. The lowest BCUT2D eigenvalue weighted by Crippen LogP contribution is -2.35. The summed E-state index contributed by atoms with van der Waals surface area (Å²) >= 11 is 0. The number of benzene rings is 1. The summed E-state index contributed by atoms with van der Waals surface area (Å²) in [7, 11) is 0. The molecule has 0 amide bonds. The predicted molar refractivity (Wildman–Crippen MR) is 86.3 cm³/mol. The van der Waals surface area contributed by atoms with Gasteiger partial charge in [0.05, 0.1) is 12.1 Å². The average Bonchev–Trinajstić information content (AvgIpc) is 2.94. The van der Waals surface area contributed by atoms with E-state index in [0.29, 0.717) is 5.92 Å². The highest BCUT2D eigenvalue weighted by Gasteiger charge is 2.33. The van der Waals surface area contributed by atoms with E-state index in [1.54, 1.807) is 0 Å². The minimum Gasteiger partial charge on any atom is -0.376 e. The van der Waals surface area contributed by atoms with Gasteiger partial charge in [0.1, 0.15) is 0 Å². The lowest BCUT2D eigenvalue weighted by atomic mass is 9.90. The molecule has 1 saturated heterocycles. The van der Waals surface area contributed by atoms with E-state index in [1.165, 1.54) is 16.3 Å². The number of rotatable bonds is 5. The fourth-order valence-corrected chi connectivity index (χ4v) is 3.23. The summed E-state index contributed by atoms with van der Waals surface area (Å²) in [6, 6.07) is 8.70. The Morgan fingerprint density at radius 1 is 1.33 bits per heavy atom. The Morgan fingerprint density at radius 2 is 2.19 bits per heavy atom. The van der Waals surface area contributed by atoms with Gasteiger partial charge in [0.2, 0.25) is 0 Å². The van der Waals surface area contributed by atoms with Crippen molar-refractivity contribution in [3.8, 4) is 0 Å². The van der Waals surface area contributed by atoms with Crippen molar-refractivity contribution in [3.63, 3.8) is 0 Å². The molecule has 1 aliphatic rings. The smallest absolute Gasteiger partial charge is 0.0796 e. The highest BCUT2D eigenvalue weighted by molar-refractivity contribution is 5.85. The third kappa shape index (κ3) is 2.94. The van der Waals surface area contributed by atoms with Gasteiger partial charge < -0.3 is 10.1 Å². The molecule has 2 heterocycles. The number of hydrogen-bond donors (Lipinski definition) is 1. The van der Waals surface area contributed by atoms with Gasteiger partial charge in [0, 0.05) is 24.4 Å². The van der Waals surface area contributed by atoms with Gasteiger partial charge in [-0.1, -0.05) is 38.1 Å². The van der Waals surface area contributed by atoms with Crippen LogP contribution in [0.15, 0.2) is 36.7 Å². The fraction of sp³-hybridized carbons (Fsp3) is 0.500. The molecule has 3 unspecified atom stereocenters. The van der Waals surface area contributed by atoms with Gasteiger partial charge in [-0.25, -0.2) is 0 Å². The molecule has 0 bridgehead atoms. The zero-order chi connectivity index (χ0) is 14.7. The topological polar surface area (TPSA) is 34.2 Å². The van der Waals surface area contributed by atoms with Gasteiger partial charge in [-0.3, -0.25) is 4.98 Å². The molecule has 1 N–H and O–H groups in total. The molecule has 3 atom stereocenters. The van der Waals surface area contributed by atoms with Crippen molar-refractivity contribution >= 4 is 10.8 Å². The average molecular weight is 284 g/mol. The van der Waals surface area contributed by atoms with E-state index >= 15 is 0 Å². The first-order valence-electron chi connectivity index (χ1n) is 7.99. The summed E-state index contributed by atoms with van der Waals surface area (Å²) in [6.45, 7) is 6.36. The second-order valence-corrected chi connectivity index (χ2v) is 5.98. The van der Waals surface area contributed by atoms with E-state index in [1.807, 2.05) is 12.4 Å². The second-order valence-electron chi connectivity index (χ2n) is 5.98. The van der Waals surface area contributed by atoms with Crippen LogP contribution in [0.4, 0.5) is 0 Å². The van der Waals surface area contributed by atoms with Crippen molar-refractivity contribution < 1.29 is 4.74 Å². The van der Waals surface area contributed by atoms with Crippen LogP contribution in [0.1, 0.15) is 38.3 Å². The molecule has 3 heteroatoms. The number of nitrogens with one attached hydrogen (secondary N) is 1. The van der Waals surface area contributed by atoms with Crippen LogP contribution in [0, 0.1) is 5.92 Å². The molecule has 0 saturated carbocycles. The van der Waals surface area contributed by atoms with Crippen molar-refractivity contribution in [1.29, 1.82) is 0 Å². The molecule has 1 aliphatic heterocycles. The third-order valence-corrected chi connectivity index (χ3v) is 4.42. The molecule has 1 aromatic heterocycles. The van der Waals surface area contributed by atoms with E-state index in [0.717, 1.165) is 26.0 Å². The Balaban J connectivity index is 2.01. The van der Waals surface area contributed by atoms with Gasteiger partial charge >= 0.3 is 0 Å². The van der Waals surface area contributed by atoms with Crippen LogP contribution < -0.4 is 5.32 Å². The molecule has 112 valence electrons. The maximum absolute atomic E-state index is 6.04. The number of pyridine rings is 1. The first kappa shape index (κ1) is 14.5. The third-order valence-electron chi connectivity index (χ3n) is 4.42. The van der Waals surface area contributed by atoms with Crippen LogP contribution >= 0.6 is 0 Å². The van der Waals surface area contributed by atoms with Crippen LogP contribution in [0.25, 0.3) is 10.8 Å². The summed E-state index contributed by atoms with van der Waals surface area (Å²) in [5.41, 5.74) is 1.26. The van der Waals surface area contributed by atoms with Crippen LogP contribution in [-0.4, -0.2) is 24.2 Å². The summed E-state index contributed by atoms with van der Waals surface area (Å²) in [6.07, 6.45) is 6.45. The first-order valence-corrected chi connectivity index (χ1v) is 7.99. The Bertz CT molecular complexity index is 593. The van der Waals surface area contributed by atoms with Gasteiger partial charge in [-0.15, -0.1) is 0 Å². The number of hydrogen-bond acceptors (Lipinski definition) is 3. The Labute approximate surface area is 126 Å². The molecule has 3 rings (SSSR count). The van der Waals surface area contributed by atoms with E-state index in [-0.39, 0.29) is 12.1 Å². The van der Waals surface area contributed by atoms with Gasteiger partial charge in [-0.2, -0.15) is 0 Å². The minimum absolute atomic E-state index is 0.223. The second kappa shape index (κ2) is 6.54. The van der Waals surface area contributed by atoms with Gasteiger partial charge in [0.25, 0.3) is 0 Å². The maximum atomic E-state index is 6.04. The first-order chi connectivity index (χ1) is 10.3. The summed E-state index contributed by atoms with van der Waals surface area (Å²) < 4.78 is 6.04. The summed E-state index contributed by atoms with van der Waals surface area (Å²) in [4.78, 5) is 4.44. The lowest BCUT2D eigenvalue weighted by Gasteiger charge is -2.28. The summed E-state index contributed by atoms with van der Waals surface area (Å²) in [5.74, 6) is 0.582. The lowest BCUT2D eigenvalue weighted by molar-refractivity contribution is 0.0610. The fourth-order valence-electron chi connectivity index (χ4n) is 3.23. The highest BCUT2D eigenvalue weighted by Crippen LogP contribution is 2.34. The monoisotopic (exact) mass is 284 g/mol. The largest absolute Gasteiger partial charge is 0.376 e. The molecule has 0 spiro atoms. The van der Waals surface area contributed by atoms with Crippen LogP contribution in [0.5, 0.6) is 0 Å². The SMILES string of the molecule is CCCNC(c1cncc2ccccc12)C1OCCC1C. The predicted octanol–water partition coefficient (Wildman–Crippen LogP) is 3.70. The number of fused-ring (bicyclic) bond motifs is 1. The molecule has 0 aliphatic carbocycles. The van der Waals surface area contributed by atoms with Crippen molar-refractivity contribution in [2.45, 2.75) is 38.8 Å². The van der Waals surface area contributed by atoms with Crippen molar-refractivity contribution in [2.24, 2.45) is 5.92 Å². The van der Waals surface area contributed by atoms with E-state index in [2.05, 4.69) is 48.4 Å². The summed E-state index contributed by atoms with van der Waals surface area (Å²) in [5, 5.41) is 6.16. The maximum Gasteiger partial charge on any atom is 0.0796 e. The van der Waals surface area contributed by atoms with Crippen molar-refractivity contribution in [3.05, 3.63) is 42.2 Å². The molecule has 21 heavy (non-hydrogen) atoms. The molecule has 2 aromatic rings. The van der Waals surface area contributed by atoms with Crippen LogP contribution in [0.2, 0.25) is 0 Å². The van der Waals surface area contributed by atoms with Crippen molar-refractivity contribution in [2.75, 3.05) is 13.2 Å². The number of nitrogens with zero attached hydrogens (tertiary/aromatic N) is 1. The van der Waals surface area contributed by atoms with Gasteiger partial charge in [0.15, 0.2) is 0 Å². The Kier molecular flexibility index (Phi) is 4.51. The quantitative estimate of drug-likeness (QED) is 0.909. The van der Waals surface area contributed by atoms with Crippen LogP contribution in [-0.2, 0) is 4.74 Å². The molecule has 1 fully saturated rings. The zero-order valence-electron chi connectivity index (χ0n) is 12.9. The standard InChI is InChI=1S/C18H24N2O/c1-3-9-20-17(18-13(2)8-10-21-18)16-12-19-11-14-6-4-5-7-15(14)16/h4-7,11-13,17-18,20H,3,8-10H2,1-2H3. The minimum atomic E-state index is 0.223.